The summed E-state index contributed by atoms with van der Waals surface area (Å²) in [7, 11) is -3.47. The van der Waals surface area contributed by atoms with E-state index in [2.05, 4.69) is 15.8 Å². The molecule has 4 rings (SSSR count). The number of sulfonamides is 1. The number of nitrogens with one attached hydrogen (secondary N) is 2. The summed E-state index contributed by atoms with van der Waals surface area (Å²) in [6.45, 7) is 2.43. The predicted octanol–water partition coefficient (Wildman–Crippen LogP) is 3.88. The van der Waals surface area contributed by atoms with E-state index in [0.717, 1.165) is 35.9 Å². The Morgan fingerprint density at radius 3 is 2.65 bits per heavy atom. The number of hydrogen-bond acceptors (Lipinski definition) is 2. The average Bonchev–Trinajstić information content (AvgIpc) is 2.97. The fraction of sp³-hybridized carbons (Fsp3) is 0.333. The lowest BCUT2D eigenvalue weighted by Gasteiger charge is -2.16. The molecule has 0 fully saturated rings. The molecule has 0 aliphatic heterocycles. The molecule has 26 heavy (non-hydrogen) atoms. The minimum absolute atomic E-state index is 0.383. The second-order valence-corrected chi connectivity index (χ2v) is 8.83. The van der Waals surface area contributed by atoms with E-state index in [4.69, 9.17) is 0 Å². The second-order valence-electron chi connectivity index (χ2n) is 7.06. The molecule has 1 heterocycles. The second kappa shape index (κ2) is 6.89. The molecule has 5 heteroatoms. The van der Waals surface area contributed by atoms with Gasteiger partial charge in [-0.05, 0) is 73.9 Å². The molecule has 0 saturated heterocycles. The van der Waals surface area contributed by atoms with Crippen LogP contribution in [0.25, 0.3) is 10.9 Å². The van der Waals surface area contributed by atoms with Crippen molar-refractivity contribution in [1.82, 2.24) is 9.71 Å². The van der Waals surface area contributed by atoms with E-state index in [0.29, 0.717) is 17.9 Å². The first kappa shape index (κ1) is 17.3. The van der Waals surface area contributed by atoms with Crippen LogP contribution in [-0.2, 0) is 29.3 Å². The highest BCUT2D eigenvalue weighted by Crippen LogP contribution is 2.25. The summed E-state index contributed by atoms with van der Waals surface area (Å²) < 4.78 is 28.1. The molecule has 2 aromatic carbocycles. The smallest absolute Gasteiger partial charge is 0.240 e. The van der Waals surface area contributed by atoms with E-state index >= 15 is 0 Å². The maximum absolute atomic E-state index is 12.7. The number of hydrogen-bond donors (Lipinski definition) is 2. The lowest BCUT2D eigenvalue weighted by atomic mass is 9.92. The molecule has 0 radical (unpaired) electrons. The monoisotopic (exact) mass is 368 g/mol. The molecule has 1 aliphatic rings. The first-order chi connectivity index (χ1) is 12.5. The number of aromatic nitrogens is 1. The van der Waals surface area contributed by atoms with Crippen molar-refractivity contribution in [2.45, 2.75) is 43.9 Å². The number of rotatable bonds is 5. The molecule has 2 N–H and O–H groups in total. The van der Waals surface area contributed by atoms with Crippen molar-refractivity contribution in [3.05, 3.63) is 64.8 Å². The maximum Gasteiger partial charge on any atom is 0.240 e. The van der Waals surface area contributed by atoms with E-state index in [-0.39, 0.29) is 0 Å². The van der Waals surface area contributed by atoms with Gasteiger partial charge >= 0.3 is 0 Å². The molecule has 0 amide bonds. The highest BCUT2D eigenvalue weighted by Gasteiger charge is 2.18. The zero-order chi connectivity index (χ0) is 18.1. The fourth-order valence-corrected chi connectivity index (χ4v) is 5.01. The van der Waals surface area contributed by atoms with Gasteiger partial charge in [-0.2, -0.15) is 0 Å². The van der Waals surface area contributed by atoms with Crippen LogP contribution in [0, 0.1) is 6.92 Å². The van der Waals surface area contributed by atoms with Crippen LogP contribution in [0.5, 0.6) is 0 Å². The van der Waals surface area contributed by atoms with E-state index < -0.39 is 10.0 Å². The Morgan fingerprint density at radius 1 is 1.04 bits per heavy atom. The SMILES string of the molecule is Cc1[nH]c2ccccc2c1CCNS(=O)(=O)c1ccc2c(c1)CCCC2. The van der Waals surface area contributed by atoms with Gasteiger partial charge in [0.25, 0.3) is 0 Å². The molecule has 0 saturated carbocycles. The summed E-state index contributed by atoms with van der Waals surface area (Å²) >= 11 is 0. The molecule has 0 spiro atoms. The van der Waals surface area contributed by atoms with E-state index in [1.807, 2.05) is 37.3 Å². The molecule has 4 nitrogen and oxygen atoms in total. The van der Waals surface area contributed by atoms with Crippen LogP contribution in [0.1, 0.15) is 35.2 Å². The van der Waals surface area contributed by atoms with Crippen molar-refractivity contribution in [2.24, 2.45) is 0 Å². The topological polar surface area (TPSA) is 62.0 Å². The molecule has 136 valence electrons. The third-order valence-electron chi connectivity index (χ3n) is 5.32. The van der Waals surface area contributed by atoms with Crippen LogP contribution in [0.2, 0.25) is 0 Å². The van der Waals surface area contributed by atoms with E-state index in [1.54, 1.807) is 6.07 Å². The summed E-state index contributed by atoms with van der Waals surface area (Å²) in [4.78, 5) is 3.75. The largest absolute Gasteiger partial charge is 0.358 e. The summed E-state index contributed by atoms with van der Waals surface area (Å²) in [5.41, 5.74) is 5.85. The number of benzene rings is 2. The Bertz CT molecular complexity index is 1050. The highest BCUT2D eigenvalue weighted by molar-refractivity contribution is 7.89. The van der Waals surface area contributed by atoms with Crippen molar-refractivity contribution >= 4 is 20.9 Å². The molecule has 3 aromatic rings. The van der Waals surface area contributed by atoms with Crippen LogP contribution in [0.4, 0.5) is 0 Å². The molecule has 1 aliphatic carbocycles. The fourth-order valence-electron chi connectivity index (χ4n) is 3.93. The third kappa shape index (κ3) is 3.29. The van der Waals surface area contributed by atoms with Gasteiger partial charge < -0.3 is 4.98 Å². The average molecular weight is 369 g/mol. The minimum atomic E-state index is -3.47. The van der Waals surface area contributed by atoms with Gasteiger partial charge in [0.15, 0.2) is 0 Å². The minimum Gasteiger partial charge on any atom is -0.358 e. The summed E-state index contributed by atoms with van der Waals surface area (Å²) in [5, 5.41) is 1.16. The number of para-hydroxylation sites is 1. The standard InChI is InChI=1S/C21H24N2O2S/c1-15-19(20-8-4-5-9-21(20)23-15)12-13-22-26(24,25)18-11-10-16-6-2-3-7-17(16)14-18/h4-5,8-11,14,22-23H,2-3,6-7,12-13H2,1H3. The first-order valence-corrected chi connectivity index (χ1v) is 10.7. The number of aryl methyl sites for hydroxylation is 3. The molecule has 0 unspecified atom stereocenters. The lowest BCUT2D eigenvalue weighted by molar-refractivity contribution is 0.581. The molecule has 1 aromatic heterocycles. The van der Waals surface area contributed by atoms with Crippen LogP contribution in [0.3, 0.4) is 0 Å². The van der Waals surface area contributed by atoms with Crippen LogP contribution in [0.15, 0.2) is 47.4 Å². The number of fused-ring (bicyclic) bond motifs is 2. The quantitative estimate of drug-likeness (QED) is 0.718. The predicted molar refractivity (Wildman–Crippen MR) is 105 cm³/mol. The van der Waals surface area contributed by atoms with E-state index in [1.165, 1.54) is 23.1 Å². The lowest BCUT2D eigenvalue weighted by Crippen LogP contribution is -2.26. The normalized spacial score (nSPS) is 14.5. The van der Waals surface area contributed by atoms with Gasteiger partial charge in [-0.15, -0.1) is 0 Å². The Kier molecular flexibility index (Phi) is 4.59. The number of H-pyrrole nitrogens is 1. The Morgan fingerprint density at radius 2 is 1.81 bits per heavy atom. The molecular weight excluding hydrogens is 344 g/mol. The zero-order valence-corrected chi connectivity index (χ0v) is 15.8. The maximum atomic E-state index is 12.7. The highest BCUT2D eigenvalue weighted by atomic mass is 32.2. The van der Waals surface area contributed by atoms with Crippen LogP contribution in [-0.4, -0.2) is 19.9 Å². The van der Waals surface area contributed by atoms with Gasteiger partial charge in [-0.1, -0.05) is 24.3 Å². The van der Waals surface area contributed by atoms with Crippen molar-refractivity contribution in [2.75, 3.05) is 6.54 Å². The van der Waals surface area contributed by atoms with Gasteiger partial charge in [0.1, 0.15) is 0 Å². The molecule has 0 bridgehead atoms. The molecule has 0 atom stereocenters. The van der Waals surface area contributed by atoms with E-state index in [9.17, 15) is 8.42 Å². The third-order valence-corrected chi connectivity index (χ3v) is 6.78. The van der Waals surface area contributed by atoms with Crippen molar-refractivity contribution < 1.29 is 8.42 Å². The van der Waals surface area contributed by atoms with Gasteiger partial charge in [0.05, 0.1) is 4.90 Å². The first-order valence-electron chi connectivity index (χ1n) is 9.22. The summed E-state index contributed by atoms with van der Waals surface area (Å²) in [5.74, 6) is 0. The Balaban J connectivity index is 1.49. The van der Waals surface area contributed by atoms with Crippen LogP contribution < -0.4 is 4.72 Å². The van der Waals surface area contributed by atoms with Crippen molar-refractivity contribution in [3.63, 3.8) is 0 Å². The number of aromatic amines is 1. The van der Waals surface area contributed by atoms with Crippen molar-refractivity contribution in [1.29, 1.82) is 0 Å². The van der Waals surface area contributed by atoms with Gasteiger partial charge in [0, 0.05) is 23.1 Å². The zero-order valence-electron chi connectivity index (χ0n) is 15.0. The van der Waals surface area contributed by atoms with Crippen LogP contribution >= 0.6 is 0 Å². The van der Waals surface area contributed by atoms with Gasteiger partial charge in [-0.3, -0.25) is 0 Å². The van der Waals surface area contributed by atoms with Gasteiger partial charge in [-0.25, -0.2) is 13.1 Å². The Hall–Kier alpha value is -2.11. The van der Waals surface area contributed by atoms with Gasteiger partial charge in [0.2, 0.25) is 10.0 Å². The molecular formula is C21H24N2O2S. The Labute approximate surface area is 154 Å². The summed E-state index contributed by atoms with van der Waals surface area (Å²) in [6.07, 6.45) is 5.04. The van der Waals surface area contributed by atoms with Crippen molar-refractivity contribution in [3.8, 4) is 0 Å². The summed E-state index contributed by atoms with van der Waals surface area (Å²) in [6, 6.07) is 13.7.